The Bertz CT molecular complexity index is 1070. The zero-order valence-corrected chi connectivity index (χ0v) is 20.4. The Hall–Kier alpha value is -3.33. The highest BCUT2D eigenvalue weighted by molar-refractivity contribution is 7.69. The van der Waals surface area contributed by atoms with Gasteiger partial charge < -0.3 is 20.4 Å². The highest BCUT2D eigenvalue weighted by atomic mass is 31.2. The molecular weight excluding hydrogens is 473 g/mol. The maximum absolute atomic E-state index is 13.0. The first-order valence-corrected chi connectivity index (χ1v) is 12.7. The van der Waals surface area contributed by atoms with E-state index in [2.05, 4.69) is 16.0 Å². The first-order chi connectivity index (χ1) is 16.5. The van der Waals surface area contributed by atoms with Crippen molar-refractivity contribution in [1.82, 2.24) is 16.0 Å². The molecule has 11 heteroatoms. The average Bonchev–Trinajstić information content (AvgIpc) is 2.78. The molecule has 0 aliphatic heterocycles. The topological polar surface area (TPSA) is 162 Å². The predicted molar refractivity (Wildman–Crippen MR) is 129 cm³/mol. The summed E-state index contributed by atoms with van der Waals surface area (Å²) in [5, 5.41) is 6.88. The van der Waals surface area contributed by atoms with Crippen molar-refractivity contribution in [3.63, 3.8) is 0 Å². The van der Waals surface area contributed by atoms with Crippen LogP contribution < -0.4 is 16.0 Å². The lowest BCUT2D eigenvalue weighted by Crippen LogP contribution is -2.55. The number of carbonyl (C=O) groups excluding carboxylic acids is 4. The molecule has 2 atom stereocenters. The van der Waals surface area contributed by atoms with Crippen LogP contribution in [0.25, 0.3) is 0 Å². The quantitative estimate of drug-likeness (QED) is 0.293. The maximum Gasteiger partial charge on any atom is 0.413 e. The Kier molecular flexibility index (Phi) is 10.3. The van der Waals surface area contributed by atoms with E-state index >= 15 is 0 Å². The van der Waals surface area contributed by atoms with Crippen LogP contribution >= 0.6 is 7.60 Å². The van der Waals surface area contributed by atoms with Gasteiger partial charge in [0.1, 0.15) is 12.1 Å². The summed E-state index contributed by atoms with van der Waals surface area (Å²) in [4.78, 5) is 68.4. The zero-order chi connectivity index (χ0) is 26.0. The van der Waals surface area contributed by atoms with Crippen LogP contribution in [0.1, 0.15) is 31.4 Å². The van der Waals surface area contributed by atoms with Crippen molar-refractivity contribution in [2.75, 3.05) is 0 Å². The second-order valence-electron chi connectivity index (χ2n) is 8.50. The van der Waals surface area contributed by atoms with Crippen LogP contribution in [0.4, 0.5) is 4.79 Å². The molecule has 35 heavy (non-hydrogen) atoms. The lowest BCUT2D eigenvalue weighted by Gasteiger charge is -2.24. The van der Waals surface area contributed by atoms with Crippen molar-refractivity contribution in [1.29, 1.82) is 0 Å². The average molecular weight is 503 g/mol. The third-order valence-electron chi connectivity index (χ3n) is 4.97. The fourth-order valence-corrected chi connectivity index (χ4v) is 3.64. The summed E-state index contributed by atoms with van der Waals surface area (Å²) >= 11 is 0. The number of amides is 4. The molecule has 0 spiro atoms. The second kappa shape index (κ2) is 12.9. The van der Waals surface area contributed by atoms with Gasteiger partial charge in [0, 0.05) is 6.42 Å². The van der Waals surface area contributed by atoms with Gasteiger partial charge in [-0.3, -0.25) is 24.5 Å². The minimum atomic E-state index is -5.11. The van der Waals surface area contributed by atoms with Gasteiger partial charge in [-0.2, -0.15) is 0 Å². The van der Waals surface area contributed by atoms with E-state index in [0.29, 0.717) is 11.1 Å². The van der Waals surface area contributed by atoms with Gasteiger partial charge in [-0.1, -0.05) is 74.5 Å². The Morgan fingerprint density at radius 3 is 1.86 bits per heavy atom. The molecule has 0 unspecified atom stereocenters. The number of rotatable bonds is 11. The van der Waals surface area contributed by atoms with E-state index in [1.54, 1.807) is 74.5 Å². The molecule has 5 N–H and O–H groups in total. The van der Waals surface area contributed by atoms with Gasteiger partial charge in [0.25, 0.3) is 0 Å². The summed E-state index contributed by atoms with van der Waals surface area (Å²) in [7, 11) is -5.11. The van der Waals surface area contributed by atoms with Crippen molar-refractivity contribution < 1.29 is 33.5 Å². The Morgan fingerprint density at radius 1 is 0.800 bits per heavy atom. The summed E-state index contributed by atoms with van der Waals surface area (Å²) in [5.74, 6) is -2.21. The van der Waals surface area contributed by atoms with E-state index in [-0.39, 0.29) is 25.2 Å². The summed E-state index contributed by atoms with van der Waals surface area (Å²) in [6.07, 6.45) is 0.0922. The fraction of sp³-hybridized carbons (Fsp3) is 0.333. The van der Waals surface area contributed by atoms with E-state index in [0.717, 1.165) is 0 Å². The van der Waals surface area contributed by atoms with E-state index < -0.39 is 43.0 Å². The van der Waals surface area contributed by atoms with Gasteiger partial charge >= 0.3 is 13.2 Å². The Morgan fingerprint density at radius 2 is 1.34 bits per heavy atom. The summed E-state index contributed by atoms with van der Waals surface area (Å²) in [5.41, 5.74) is -0.165. The monoisotopic (exact) mass is 503 g/mol. The molecule has 0 aliphatic carbocycles. The van der Waals surface area contributed by atoms with E-state index in [1.165, 1.54) is 0 Å². The maximum atomic E-state index is 13.0. The summed E-state index contributed by atoms with van der Waals surface area (Å²) < 4.78 is 11.3. The van der Waals surface area contributed by atoms with Crippen LogP contribution in [-0.4, -0.2) is 45.2 Å². The molecule has 0 saturated carbocycles. The Labute approximate surface area is 203 Å². The molecule has 0 aromatic heterocycles. The number of benzene rings is 2. The van der Waals surface area contributed by atoms with Gasteiger partial charge in [0.2, 0.25) is 17.7 Å². The smallest absolute Gasteiger partial charge is 0.342 e. The highest BCUT2D eigenvalue weighted by Gasteiger charge is 2.33. The molecule has 10 nitrogen and oxygen atoms in total. The minimum Gasteiger partial charge on any atom is -0.342 e. The molecule has 2 rings (SSSR count). The summed E-state index contributed by atoms with van der Waals surface area (Å²) in [6.45, 7) is 3.53. The number of imide groups is 1. The fourth-order valence-electron chi connectivity index (χ4n) is 3.32. The van der Waals surface area contributed by atoms with Crippen LogP contribution in [0.3, 0.4) is 0 Å². The van der Waals surface area contributed by atoms with E-state index in [9.17, 15) is 23.7 Å². The number of nitrogens with one attached hydrogen (secondary N) is 3. The third kappa shape index (κ3) is 9.82. The lowest BCUT2D eigenvalue weighted by molar-refractivity contribution is -0.134. The normalized spacial score (nSPS) is 12.9. The van der Waals surface area contributed by atoms with Gasteiger partial charge in [-0.25, -0.2) is 4.57 Å². The Balaban J connectivity index is 2.18. The third-order valence-corrected chi connectivity index (χ3v) is 5.63. The summed E-state index contributed by atoms with van der Waals surface area (Å²) in [6, 6.07) is 15.2. The number of carbonyl (C=O) groups is 4. The van der Waals surface area contributed by atoms with Crippen LogP contribution in [0.2, 0.25) is 0 Å². The van der Waals surface area contributed by atoms with E-state index in [1.807, 2.05) is 0 Å². The zero-order valence-electron chi connectivity index (χ0n) is 19.5. The van der Waals surface area contributed by atoms with Gasteiger partial charge in [0.05, 0.1) is 6.42 Å². The van der Waals surface area contributed by atoms with Crippen molar-refractivity contribution >= 4 is 31.0 Å². The minimum absolute atomic E-state index is 0.0348. The van der Waals surface area contributed by atoms with Crippen LogP contribution in [0.15, 0.2) is 60.7 Å². The first kappa shape index (κ1) is 27.9. The SMILES string of the molecule is CC(C)C[C@H](NC(=O)P(=O)(O)O)C(=O)N[C@@H](Cc1ccccc1)C(=O)NC(=O)Cc1ccccc1. The molecule has 4 amide bonds. The van der Waals surface area contributed by atoms with Crippen molar-refractivity contribution in [2.24, 2.45) is 5.92 Å². The van der Waals surface area contributed by atoms with Crippen molar-refractivity contribution in [3.8, 4) is 0 Å². The van der Waals surface area contributed by atoms with Gasteiger partial charge in [-0.15, -0.1) is 0 Å². The largest absolute Gasteiger partial charge is 0.413 e. The van der Waals surface area contributed by atoms with Crippen LogP contribution in [0.5, 0.6) is 0 Å². The second-order valence-corrected chi connectivity index (χ2v) is 10.00. The first-order valence-electron chi connectivity index (χ1n) is 11.0. The molecule has 2 aromatic rings. The molecule has 0 radical (unpaired) electrons. The van der Waals surface area contributed by atoms with Crippen molar-refractivity contribution in [3.05, 3.63) is 71.8 Å². The molecule has 0 saturated heterocycles. The lowest BCUT2D eigenvalue weighted by atomic mass is 10.0. The molecule has 0 fully saturated rings. The van der Waals surface area contributed by atoms with Crippen molar-refractivity contribution in [2.45, 2.75) is 45.2 Å². The standard InChI is InChI=1S/C24H30N3O7P/c1-16(2)13-19(26-24(31)35(32,33)34)22(29)25-20(14-17-9-5-3-6-10-17)23(30)27-21(28)15-18-11-7-4-8-12-18/h3-12,16,19-20H,13-15H2,1-2H3,(H,25,29)(H,26,31)(H,27,28,30)(H2,32,33,34)/t19-,20-/m0/s1. The predicted octanol–water partition coefficient (Wildman–Crippen LogP) is 1.90. The van der Waals surface area contributed by atoms with Crippen LogP contribution in [0, 0.1) is 5.92 Å². The molecule has 0 heterocycles. The van der Waals surface area contributed by atoms with Crippen LogP contribution in [-0.2, 0) is 31.8 Å². The molecular formula is C24H30N3O7P. The number of hydrogen-bond acceptors (Lipinski definition) is 5. The highest BCUT2D eigenvalue weighted by Crippen LogP contribution is 2.35. The molecule has 2 aromatic carbocycles. The van der Waals surface area contributed by atoms with E-state index in [4.69, 9.17) is 9.79 Å². The molecule has 0 aliphatic rings. The number of hydrogen-bond donors (Lipinski definition) is 5. The van der Waals surface area contributed by atoms with Gasteiger partial charge in [-0.05, 0) is 23.5 Å². The molecule has 0 bridgehead atoms. The molecule has 188 valence electrons. The van der Waals surface area contributed by atoms with Gasteiger partial charge in [0.15, 0.2) is 0 Å².